The van der Waals surface area contributed by atoms with Gasteiger partial charge in [0.2, 0.25) is 0 Å². The van der Waals surface area contributed by atoms with Gasteiger partial charge in [-0.3, -0.25) is 12.5 Å². The van der Waals surface area contributed by atoms with Crippen LogP contribution in [0.3, 0.4) is 0 Å². The molecular weight excluding hydrogens is 643 g/mol. The van der Waals surface area contributed by atoms with Crippen LogP contribution in [0.4, 0.5) is 0 Å². The van der Waals surface area contributed by atoms with Crippen molar-refractivity contribution in [1.82, 2.24) is 0 Å². The van der Waals surface area contributed by atoms with Crippen molar-refractivity contribution < 1.29 is 42.5 Å². The van der Waals surface area contributed by atoms with Crippen LogP contribution in [0.25, 0.3) is 0 Å². The molecule has 3 aromatic carbocycles. The van der Waals surface area contributed by atoms with Crippen LogP contribution >= 0.6 is 0 Å². The molecule has 2 atom stereocenters. The van der Waals surface area contributed by atoms with Crippen LogP contribution in [0.15, 0.2) is 87.5 Å². The van der Waals surface area contributed by atoms with E-state index in [1.54, 1.807) is 50.2 Å². The first-order valence-corrected chi connectivity index (χ1v) is 18.3. The van der Waals surface area contributed by atoms with Crippen LogP contribution in [0.1, 0.15) is 29.5 Å². The van der Waals surface area contributed by atoms with E-state index in [1.165, 1.54) is 36.4 Å². The zero-order chi connectivity index (χ0) is 32.7. The lowest BCUT2D eigenvalue weighted by Crippen LogP contribution is -2.69. The summed E-state index contributed by atoms with van der Waals surface area (Å²) in [6.45, 7) is 3.50. The number of aryl methyl sites for hydroxylation is 3. The highest BCUT2D eigenvalue weighted by atomic mass is 32.2. The van der Waals surface area contributed by atoms with Crippen molar-refractivity contribution in [2.24, 2.45) is 10.8 Å². The normalized spacial score (nSPS) is 22.7. The Balaban J connectivity index is 1.47. The molecule has 0 amide bonds. The van der Waals surface area contributed by atoms with Crippen LogP contribution in [-0.2, 0) is 47.6 Å². The van der Waals surface area contributed by atoms with Crippen LogP contribution in [-0.4, -0.2) is 57.3 Å². The highest BCUT2D eigenvalue weighted by Crippen LogP contribution is 2.65. The number of nitriles is 1. The fraction of sp³-hybridized carbons (Fsp3) is 0.387. The molecule has 240 valence electrons. The van der Waals surface area contributed by atoms with Crippen molar-refractivity contribution in [3.05, 3.63) is 89.5 Å². The van der Waals surface area contributed by atoms with E-state index in [1.807, 2.05) is 6.92 Å². The Kier molecular flexibility index (Phi) is 8.77. The third-order valence-corrected chi connectivity index (χ3v) is 12.5. The smallest absolute Gasteiger partial charge is 0.296 e. The van der Waals surface area contributed by atoms with Gasteiger partial charge in [0.05, 0.1) is 58.0 Å². The number of hydrogen-bond donors (Lipinski definition) is 0. The molecule has 1 aliphatic carbocycles. The minimum absolute atomic E-state index is 0.0152. The quantitative estimate of drug-likeness (QED) is 0.253. The van der Waals surface area contributed by atoms with Gasteiger partial charge in [-0.2, -0.15) is 30.5 Å². The molecule has 1 saturated carbocycles. The molecule has 0 bridgehead atoms. The highest BCUT2D eigenvalue weighted by Gasteiger charge is 2.76. The van der Waals surface area contributed by atoms with Gasteiger partial charge >= 0.3 is 0 Å². The third-order valence-electron chi connectivity index (χ3n) is 8.70. The average Bonchev–Trinajstić information content (AvgIpc) is 3.17. The Bertz CT molecular complexity index is 1860. The van der Waals surface area contributed by atoms with Crippen molar-refractivity contribution in [2.45, 2.75) is 53.9 Å². The van der Waals surface area contributed by atoms with E-state index >= 15 is 0 Å². The lowest BCUT2D eigenvalue weighted by Gasteiger charge is -2.56. The average molecular weight is 676 g/mol. The predicted octanol–water partition coefficient (Wildman–Crippen LogP) is 4.19. The summed E-state index contributed by atoms with van der Waals surface area (Å²) in [6.07, 6.45) is 0.160. The van der Waals surface area contributed by atoms with Crippen LogP contribution in [0.2, 0.25) is 0 Å². The Hall–Kier alpha value is -3.16. The van der Waals surface area contributed by atoms with Gasteiger partial charge in [0.25, 0.3) is 30.4 Å². The second-order valence-electron chi connectivity index (χ2n) is 11.7. The maximum absolute atomic E-state index is 13.2. The van der Waals surface area contributed by atoms with Gasteiger partial charge in [-0.1, -0.05) is 53.1 Å². The molecule has 45 heavy (non-hydrogen) atoms. The first-order valence-electron chi connectivity index (χ1n) is 14.0. The van der Waals surface area contributed by atoms with Crippen molar-refractivity contribution in [2.75, 3.05) is 26.4 Å². The monoisotopic (exact) mass is 675 g/mol. The molecule has 2 unspecified atom stereocenters. The number of nitrogens with zero attached hydrogens (tertiary/aromatic N) is 1. The zero-order valence-corrected chi connectivity index (χ0v) is 27.4. The number of ether oxygens (including phenoxy) is 1. The lowest BCUT2D eigenvalue weighted by atomic mass is 9.62. The van der Waals surface area contributed by atoms with Crippen molar-refractivity contribution in [1.29, 1.82) is 5.26 Å². The van der Waals surface area contributed by atoms with Crippen molar-refractivity contribution in [3.8, 4) is 6.07 Å². The van der Waals surface area contributed by atoms with Crippen molar-refractivity contribution in [3.63, 3.8) is 0 Å². The molecule has 2 fully saturated rings. The standard InChI is InChI=1S/C31H33NO10S3/c1-23-4-10-26(11-5-23)43(33,34)40-20-29-16-17-30(31(29,18-32)39-19-29,21-41-44(35,36)27-12-6-24(2)7-13-27)22-42-45(37,38)28-14-8-25(3)9-15-28/h4-15H,16-17,19-22H2,1-3H3. The Morgan fingerprint density at radius 3 is 1.29 bits per heavy atom. The van der Waals surface area contributed by atoms with E-state index < -0.39 is 66.6 Å². The topological polar surface area (TPSA) is 163 Å². The molecule has 0 radical (unpaired) electrons. The Morgan fingerprint density at radius 2 is 0.978 bits per heavy atom. The van der Waals surface area contributed by atoms with Gasteiger partial charge in [-0.05, 0) is 70.0 Å². The number of benzene rings is 3. The van der Waals surface area contributed by atoms with Gasteiger partial charge < -0.3 is 4.74 Å². The van der Waals surface area contributed by atoms with Crippen molar-refractivity contribution >= 4 is 30.4 Å². The summed E-state index contributed by atoms with van der Waals surface area (Å²) in [4.78, 5) is -0.334. The van der Waals surface area contributed by atoms with E-state index in [-0.39, 0.29) is 34.1 Å². The Morgan fingerprint density at radius 1 is 0.622 bits per heavy atom. The summed E-state index contributed by atoms with van der Waals surface area (Å²) < 4.78 is 101. The molecule has 3 aromatic rings. The zero-order valence-electron chi connectivity index (χ0n) is 24.9. The molecular formula is C31H33NO10S3. The number of rotatable bonds is 12. The molecule has 11 nitrogen and oxygen atoms in total. The van der Waals surface area contributed by atoms with E-state index in [9.17, 15) is 30.5 Å². The largest absolute Gasteiger partial charge is 0.358 e. The summed E-state index contributed by atoms with van der Waals surface area (Å²) in [6, 6.07) is 20.1. The van der Waals surface area contributed by atoms with E-state index in [2.05, 4.69) is 6.07 Å². The molecule has 0 aromatic heterocycles. The molecule has 0 spiro atoms. The summed E-state index contributed by atoms with van der Waals surface area (Å²) in [5, 5.41) is 10.6. The van der Waals surface area contributed by atoms with E-state index in [0.29, 0.717) is 0 Å². The molecule has 14 heteroatoms. The molecule has 1 heterocycles. The maximum atomic E-state index is 13.2. The van der Waals surface area contributed by atoms with E-state index in [0.717, 1.165) is 16.7 Å². The molecule has 1 aliphatic heterocycles. The van der Waals surface area contributed by atoms with Gasteiger partial charge in [-0.25, -0.2) is 0 Å². The van der Waals surface area contributed by atoms with E-state index in [4.69, 9.17) is 17.3 Å². The number of fused-ring (bicyclic) bond motifs is 1. The fourth-order valence-electron chi connectivity index (χ4n) is 5.80. The second kappa shape index (κ2) is 11.9. The van der Waals surface area contributed by atoms with Crippen LogP contribution < -0.4 is 0 Å². The first kappa shape index (κ1) is 33.2. The molecule has 5 rings (SSSR count). The fourth-order valence-corrected chi connectivity index (χ4v) is 8.76. The van der Waals surface area contributed by atoms with Gasteiger partial charge in [0, 0.05) is 0 Å². The van der Waals surface area contributed by atoms with Gasteiger partial charge in [0.1, 0.15) is 0 Å². The summed E-state index contributed by atoms with van der Waals surface area (Å²) in [5.74, 6) is 0. The maximum Gasteiger partial charge on any atom is 0.296 e. The first-order chi connectivity index (χ1) is 21.1. The summed E-state index contributed by atoms with van der Waals surface area (Å²) in [5.41, 5.74) is -2.26. The highest BCUT2D eigenvalue weighted by molar-refractivity contribution is 7.87. The molecule has 2 aliphatic rings. The summed E-state index contributed by atoms with van der Waals surface area (Å²) in [7, 11) is -12.9. The van der Waals surface area contributed by atoms with Crippen LogP contribution in [0, 0.1) is 42.9 Å². The van der Waals surface area contributed by atoms with Gasteiger partial charge in [0.15, 0.2) is 5.60 Å². The second-order valence-corrected chi connectivity index (χ2v) is 16.6. The van der Waals surface area contributed by atoms with Crippen LogP contribution in [0.5, 0.6) is 0 Å². The predicted molar refractivity (Wildman–Crippen MR) is 161 cm³/mol. The minimum atomic E-state index is -4.36. The third kappa shape index (κ3) is 6.06. The molecule has 0 N–H and O–H groups in total. The van der Waals surface area contributed by atoms with Gasteiger partial charge in [-0.15, -0.1) is 0 Å². The minimum Gasteiger partial charge on any atom is -0.358 e. The Labute approximate surface area is 264 Å². The number of hydrogen-bond acceptors (Lipinski definition) is 11. The lowest BCUT2D eigenvalue weighted by molar-refractivity contribution is -0.273. The SMILES string of the molecule is Cc1ccc(S(=O)(=O)OCC23CCC(COS(=O)(=O)c4ccc(C)cc4)(COS(=O)(=O)c4ccc(C)cc4)C2(C#N)OC3)cc1. The molecule has 1 saturated heterocycles. The summed E-state index contributed by atoms with van der Waals surface area (Å²) >= 11 is 0.